The minimum absolute atomic E-state index is 0.331. The normalized spacial score (nSPS) is 17.6. The molecule has 0 spiro atoms. The zero-order chi connectivity index (χ0) is 15.6. The van der Waals surface area contributed by atoms with Gasteiger partial charge in [-0.2, -0.15) is 0 Å². The van der Waals surface area contributed by atoms with E-state index in [2.05, 4.69) is 4.98 Å². The van der Waals surface area contributed by atoms with E-state index < -0.39 is 15.1 Å². The molecule has 0 bridgehead atoms. The van der Waals surface area contributed by atoms with E-state index in [1.54, 1.807) is 17.2 Å². The van der Waals surface area contributed by atoms with Crippen LogP contribution in [0.3, 0.4) is 0 Å². The Morgan fingerprint density at radius 2 is 1.90 bits per heavy atom. The first kappa shape index (κ1) is 15.6. The molecular formula is C13H20N4O3S. The van der Waals surface area contributed by atoms with Crippen LogP contribution in [0.2, 0.25) is 0 Å². The van der Waals surface area contributed by atoms with Gasteiger partial charge >= 0.3 is 0 Å². The number of nitrogens with two attached hydrogens (primary N) is 1. The molecule has 8 heteroatoms. The lowest BCUT2D eigenvalue weighted by Crippen LogP contribution is -2.52. The molecule has 1 unspecified atom stereocenters. The molecule has 1 fully saturated rings. The summed E-state index contributed by atoms with van der Waals surface area (Å²) >= 11 is 0. The van der Waals surface area contributed by atoms with Gasteiger partial charge in [0.1, 0.15) is 11.1 Å². The Morgan fingerprint density at radius 3 is 2.38 bits per heavy atom. The first-order chi connectivity index (χ1) is 9.79. The van der Waals surface area contributed by atoms with Crippen LogP contribution in [0.4, 0.5) is 11.5 Å². The Bertz CT molecular complexity index is 607. The van der Waals surface area contributed by atoms with Gasteiger partial charge in [-0.3, -0.25) is 4.79 Å². The number of aromatic nitrogens is 1. The first-order valence-electron chi connectivity index (χ1n) is 6.73. The van der Waals surface area contributed by atoms with Crippen LogP contribution in [0.25, 0.3) is 0 Å². The van der Waals surface area contributed by atoms with Crippen LogP contribution >= 0.6 is 0 Å². The third-order valence-corrected chi connectivity index (χ3v) is 5.16. The maximum Gasteiger partial charge on any atom is 0.240 e. The fraction of sp³-hybridized carbons (Fsp3) is 0.538. The molecule has 0 radical (unpaired) electrons. The Labute approximate surface area is 124 Å². The minimum Gasteiger partial charge on any atom is -0.397 e. The van der Waals surface area contributed by atoms with Crippen LogP contribution in [0.15, 0.2) is 18.3 Å². The number of nitrogen functional groups attached to an aromatic ring is 1. The summed E-state index contributed by atoms with van der Waals surface area (Å²) in [4.78, 5) is 20.0. The SMILES string of the molecule is CC(C(=O)N1CCN(c2ccc(N)cn2)CC1)S(C)(=O)=O. The molecule has 1 amide bonds. The number of carbonyl (C=O) groups excluding carboxylic acids is 1. The number of hydrogen-bond acceptors (Lipinski definition) is 6. The number of hydrogen-bond donors (Lipinski definition) is 1. The van der Waals surface area contributed by atoms with Crippen LogP contribution in [0.1, 0.15) is 6.92 Å². The number of rotatable bonds is 3. The van der Waals surface area contributed by atoms with Crippen molar-refractivity contribution < 1.29 is 13.2 Å². The van der Waals surface area contributed by atoms with Crippen molar-refractivity contribution in [2.45, 2.75) is 12.2 Å². The minimum atomic E-state index is -3.35. The van der Waals surface area contributed by atoms with E-state index in [1.807, 2.05) is 11.0 Å². The number of amides is 1. The van der Waals surface area contributed by atoms with Gasteiger partial charge in [-0.15, -0.1) is 0 Å². The molecule has 0 saturated carbocycles. The summed E-state index contributed by atoms with van der Waals surface area (Å²) in [6.07, 6.45) is 2.68. The smallest absolute Gasteiger partial charge is 0.240 e. The maximum absolute atomic E-state index is 12.1. The van der Waals surface area contributed by atoms with Gasteiger partial charge in [-0.05, 0) is 19.1 Å². The quantitative estimate of drug-likeness (QED) is 0.826. The van der Waals surface area contributed by atoms with E-state index in [0.717, 1.165) is 12.1 Å². The molecule has 2 N–H and O–H groups in total. The summed E-state index contributed by atoms with van der Waals surface area (Å²) in [6.45, 7) is 3.67. The van der Waals surface area contributed by atoms with Gasteiger partial charge in [0.15, 0.2) is 9.84 Å². The van der Waals surface area contributed by atoms with Crippen molar-refractivity contribution in [3.63, 3.8) is 0 Å². The van der Waals surface area contributed by atoms with Gasteiger partial charge in [0, 0.05) is 32.4 Å². The number of carbonyl (C=O) groups is 1. The molecule has 1 aliphatic heterocycles. The average molecular weight is 312 g/mol. The summed E-state index contributed by atoms with van der Waals surface area (Å²) in [5, 5.41) is -0.987. The number of nitrogens with zero attached hydrogens (tertiary/aromatic N) is 3. The Balaban J connectivity index is 1.97. The van der Waals surface area contributed by atoms with Gasteiger partial charge in [0.2, 0.25) is 5.91 Å². The average Bonchev–Trinajstić information content (AvgIpc) is 2.46. The second kappa shape index (κ2) is 5.88. The van der Waals surface area contributed by atoms with Crippen molar-refractivity contribution in [1.82, 2.24) is 9.88 Å². The molecule has 1 aromatic rings. The van der Waals surface area contributed by atoms with Gasteiger partial charge in [-0.1, -0.05) is 0 Å². The second-order valence-corrected chi connectivity index (χ2v) is 7.60. The number of anilines is 2. The lowest BCUT2D eigenvalue weighted by molar-refractivity contribution is -0.130. The van der Waals surface area contributed by atoms with Crippen molar-refractivity contribution in [3.05, 3.63) is 18.3 Å². The van der Waals surface area contributed by atoms with Crippen LogP contribution in [0.5, 0.6) is 0 Å². The Kier molecular flexibility index (Phi) is 4.36. The van der Waals surface area contributed by atoms with Crippen LogP contribution in [0, 0.1) is 0 Å². The highest BCUT2D eigenvalue weighted by Crippen LogP contribution is 2.15. The van der Waals surface area contributed by atoms with Crippen LogP contribution in [-0.2, 0) is 14.6 Å². The van der Waals surface area contributed by atoms with Crippen molar-refractivity contribution in [1.29, 1.82) is 0 Å². The molecule has 1 aromatic heterocycles. The van der Waals surface area contributed by atoms with Crippen LogP contribution in [-0.4, -0.2) is 61.9 Å². The van der Waals surface area contributed by atoms with E-state index >= 15 is 0 Å². The van der Waals surface area contributed by atoms with E-state index in [-0.39, 0.29) is 5.91 Å². The van der Waals surface area contributed by atoms with Crippen molar-refractivity contribution >= 4 is 27.2 Å². The molecule has 0 aromatic carbocycles. The van der Waals surface area contributed by atoms with Crippen molar-refractivity contribution in [3.8, 4) is 0 Å². The lowest BCUT2D eigenvalue weighted by atomic mass is 10.2. The van der Waals surface area contributed by atoms with E-state index in [9.17, 15) is 13.2 Å². The summed E-state index contributed by atoms with van der Waals surface area (Å²) in [7, 11) is -3.35. The third kappa shape index (κ3) is 3.63. The van der Waals surface area contributed by atoms with Gasteiger partial charge in [0.05, 0.1) is 11.9 Å². The summed E-state index contributed by atoms with van der Waals surface area (Å²) < 4.78 is 22.9. The Morgan fingerprint density at radius 1 is 1.29 bits per heavy atom. The van der Waals surface area contributed by atoms with E-state index in [1.165, 1.54) is 6.92 Å². The molecule has 7 nitrogen and oxygen atoms in total. The van der Waals surface area contributed by atoms with Gasteiger partial charge < -0.3 is 15.5 Å². The largest absolute Gasteiger partial charge is 0.397 e. The zero-order valence-electron chi connectivity index (χ0n) is 12.2. The predicted molar refractivity (Wildman–Crippen MR) is 81.7 cm³/mol. The first-order valence-corrected chi connectivity index (χ1v) is 8.68. The summed E-state index contributed by atoms with van der Waals surface area (Å²) in [6, 6.07) is 3.62. The van der Waals surface area contributed by atoms with Gasteiger partial charge in [0.25, 0.3) is 0 Å². The maximum atomic E-state index is 12.1. The van der Waals surface area contributed by atoms with Gasteiger partial charge in [-0.25, -0.2) is 13.4 Å². The molecule has 1 atom stereocenters. The molecule has 116 valence electrons. The molecule has 1 saturated heterocycles. The summed E-state index contributed by atoms with van der Waals surface area (Å²) in [5.74, 6) is 0.481. The molecular weight excluding hydrogens is 292 g/mol. The highest BCUT2D eigenvalue weighted by atomic mass is 32.2. The van der Waals surface area contributed by atoms with Crippen molar-refractivity contribution in [2.24, 2.45) is 0 Å². The highest BCUT2D eigenvalue weighted by molar-refractivity contribution is 7.92. The van der Waals surface area contributed by atoms with E-state index in [0.29, 0.717) is 31.9 Å². The molecule has 0 aliphatic carbocycles. The Hall–Kier alpha value is -1.83. The number of sulfone groups is 1. The van der Waals surface area contributed by atoms with E-state index in [4.69, 9.17) is 5.73 Å². The highest BCUT2D eigenvalue weighted by Gasteiger charge is 2.30. The second-order valence-electron chi connectivity index (χ2n) is 5.23. The monoisotopic (exact) mass is 312 g/mol. The fourth-order valence-corrected chi connectivity index (χ4v) is 2.70. The number of pyridine rings is 1. The predicted octanol–water partition coefficient (Wildman–Crippen LogP) is -0.254. The zero-order valence-corrected chi connectivity index (χ0v) is 13.0. The topological polar surface area (TPSA) is 96.6 Å². The van der Waals surface area contributed by atoms with Crippen LogP contribution < -0.4 is 10.6 Å². The fourth-order valence-electron chi connectivity index (χ4n) is 2.18. The van der Waals surface area contributed by atoms with Crippen molar-refractivity contribution in [2.75, 3.05) is 43.1 Å². The molecule has 21 heavy (non-hydrogen) atoms. The summed E-state index contributed by atoms with van der Waals surface area (Å²) in [5.41, 5.74) is 6.21. The third-order valence-electron chi connectivity index (χ3n) is 3.68. The molecule has 2 heterocycles. The molecule has 2 rings (SSSR count). The standard InChI is InChI=1S/C13H20N4O3S/c1-10(21(2,19)20)13(18)17-7-5-16(6-8-17)12-4-3-11(14)9-15-12/h3-4,9-10H,5-8,14H2,1-2H3. The number of piperazine rings is 1. The lowest BCUT2D eigenvalue weighted by Gasteiger charge is -2.36. The molecule has 1 aliphatic rings.